The van der Waals surface area contributed by atoms with Gasteiger partial charge < -0.3 is 10.6 Å². The molecule has 1 fully saturated rings. The summed E-state index contributed by atoms with van der Waals surface area (Å²) in [4.78, 5) is 4.07. The summed E-state index contributed by atoms with van der Waals surface area (Å²) in [6.45, 7) is 6.16. The Balaban J connectivity index is 2.10. The van der Waals surface area contributed by atoms with Gasteiger partial charge in [-0.2, -0.15) is 0 Å². The molecule has 2 rings (SSSR count). The third kappa shape index (κ3) is 2.72. The van der Waals surface area contributed by atoms with E-state index in [4.69, 9.17) is 5.73 Å². The molecule has 0 radical (unpaired) electrons. The quantitative estimate of drug-likeness (QED) is 0.839. The van der Waals surface area contributed by atoms with Gasteiger partial charge in [0.25, 0.3) is 0 Å². The van der Waals surface area contributed by atoms with E-state index in [1.807, 2.05) is 0 Å². The van der Waals surface area contributed by atoms with Gasteiger partial charge in [0.1, 0.15) is 5.69 Å². The average molecular weight is 255 g/mol. The summed E-state index contributed by atoms with van der Waals surface area (Å²) in [6, 6.07) is 2.35. The fourth-order valence-electron chi connectivity index (χ4n) is 2.40. The van der Waals surface area contributed by atoms with Crippen LogP contribution in [0.3, 0.4) is 0 Å². The van der Waals surface area contributed by atoms with Crippen LogP contribution in [0.4, 0.5) is 20.2 Å². The molecule has 5 heteroatoms. The highest BCUT2D eigenvalue weighted by Gasteiger charge is 2.22. The standard InChI is InChI=1S/C13H19F2N3/c1-2-3-17-4-6-18(7-5-17)13-11(14)8-10(16)9-12(13)15/h8-9H,2-7,16H2,1H3. The van der Waals surface area contributed by atoms with Crippen LogP contribution in [-0.2, 0) is 0 Å². The smallest absolute Gasteiger partial charge is 0.151 e. The van der Waals surface area contributed by atoms with E-state index in [9.17, 15) is 8.78 Å². The maximum atomic E-state index is 13.8. The van der Waals surface area contributed by atoms with Crippen LogP contribution in [-0.4, -0.2) is 37.6 Å². The van der Waals surface area contributed by atoms with Gasteiger partial charge in [-0.25, -0.2) is 8.78 Å². The average Bonchev–Trinajstić information content (AvgIpc) is 2.30. The van der Waals surface area contributed by atoms with Crippen molar-refractivity contribution in [3.05, 3.63) is 23.8 Å². The molecule has 0 spiro atoms. The molecule has 3 nitrogen and oxygen atoms in total. The van der Waals surface area contributed by atoms with Crippen LogP contribution in [0.15, 0.2) is 12.1 Å². The van der Waals surface area contributed by atoms with Gasteiger partial charge in [0, 0.05) is 31.9 Å². The number of halogens is 2. The zero-order valence-electron chi connectivity index (χ0n) is 10.6. The molecule has 1 saturated heterocycles. The summed E-state index contributed by atoms with van der Waals surface area (Å²) in [5.74, 6) is -1.15. The largest absolute Gasteiger partial charge is 0.399 e. The van der Waals surface area contributed by atoms with E-state index in [-0.39, 0.29) is 11.4 Å². The third-order valence-corrected chi connectivity index (χ3v) is 3.27. The summed E-state index contributed by atoms with van der Waals surface area (Å²) in [7, 11) is 0. The molecule has 18 heavy (non-hydrogen) atoms. The Labute approximate surface area is 106 Å². The maximum absolute atomic E-state index is 13.8. The van der Waals surface area contributed by atoms with Crippen molar-refractivity contribution >= 4 is 11.4 Å². The Hall–Kier alpha value is -1.36. The van der Waals surface area contributed by atoms with Crippen molar-refractivity contribution < 1.29 is 8.78 Å². The lowest BCUT2D eigenvalue weighted by Crippen LogP contribution is -2.47. The highest BCUT2D eigenvalue weighted by molar-refractivity contribution is 5.56. The van der Waals surface area contributed by atoms with Gasteiger partial charge in [0.15, 0.2) is 11.6 Å². The first-order valence-electron chi connectivity index (χ1n) is 6.33. The first kappa shape index (κ1) is 13.1. The van der Waals surface area contributed by atoms with Crippen LogP contribution in [0.2, 0.25) is 0 Å². The van der Waals surface area contributed by atoms with Gasteiger partial charge in [-0.3, -0.25) is 4.90 Å². The second-order valence-electron chi connectivity index (χ2n) is 4.66. The molecule has 0 aromatic heterocycles. The van der Waals surface area contributed by atoms with Crippen LogP contribution in [0.5, 0.6) is 0 Å². The topological polar surface area (TPSA) is 32.5 Å². The molecular formula is C13H19F2N3. The summed E-state index contributed by atoms with van der Waals surface area (Å²) in [5, 5.41) is 0. The summed E-state index contributed by atoms with van der Waals surface area (Å²) in [6.07, 6.45) is 1.10. The van der Waals surface area contributed by atoms with Gasteiger partial charge >= 0.3 is 0 Å². The summed E-state index contributed by atoms with van der Waals surface area (Å²) < 4.78 is 27.5. The molecule has 0 unspecified atom stereocenters. The minimum absolute atomic E-state index is 0.0559. The zero-order chi connectivity index (χ0) is 13.1. The lowest BCUT2D eigenvalue weighted by molar-refractivity contribution is 0.257. The molecule has 1 aromatic rings. The van der Waals surface area contributed by atoms with E-state index < -0.39 is 11.6 Å². The number of rotatable bonds is 3. The predicted molar refractivity (Wildman–Crippen MR) is 69.7 cm³/mol. The van der Waals surface area contributed by atoms with Crippen molar-refractivity contribution in [2.45, 2.75) is 13.3 Å². The molecule has 1 aromatic carbocycles. The molecule has 0 bridgehead atoms. The van der Waals surface area contributed by atoms with Crippen molar-refractivity contribution in [1.82, 2.24) is 4.90 Å². The normalized spacial score (nSPS) is 17.2. The van der Waals surface area contributed by atoms with Gasteiger partial charge in [-0.1, -0.05) is 6.92 Å². The molecule has 0 amide bonds. The molecule has 100 valence electrons. The molecule has 0 saturated carbocycles. The van der Waals surface area contributed by atoms with E-state index in [1.54, 1.807) is 4.90 Å². The number of piperazine rings is 1. The molecule has 0 aliphatic carbocycles. The monoisotopic (exact) mass is 255 g/mol. The number of hydrogen-bond acceptors (Lipinski definition) is 3. The summed E-state index contributed by atoms with van der Waals surface area (Å²) >= 11 is 0. The third-order valence-electron chi connectivity index (χ3n) is 3.27. The molecule has 1 heterocycles. The van der Waals surface area contributed by atoms with Crippen molar-refractivity contribution in [2.24, 2.45) is 0 Å². The number of anilines is 2. The van der Waals surface area contributed by atoms with Crippen molar-refractivity contribution in [2.75, 3.05) is 43.4 Å². The first-order chi connectivity index (χ1) is 8.61. The van der Waals surface area contributed by atoms with Crippen molar-refractivity contribution in [1.29, 1.82) is 0 Å². The predicted octanol–water partition coefficient (Wildman–Crippen LogP) is 2.08. The molecular weight excluding hydrogens is 236 g/mol. The van der Waals surface area contributed by atoms with Crippen LogP contribution in [0.25, 0.3) is 0 Å². The van der Waals surface area contributed by atoms with E-state index in [0.717, 1.165) is 26.1 Å². The molecule has 1 aliphatic heterocycles. The van der Waals surface area contributed by atoms with E-state index in [0.29, 0.717) is 13.1 Å². The van der Waals surface area contributed by atoms with Crippen LogP contribution < -0.4 is 10.6 Å². The minimum Gasteiger partial charge on any atom is -0.399 e. The number of nitrogen functional groups attached to an aromatic ring is 1. The van der Waals surface area contributed by atoms with E-state index >= 15 is 0 Å². The minimum atomic E-state index is -0.573. The zero-order valence-corrected chi connectivity index (χ0v) is 10.6. The number of hydrogen-bond donors (Lipinski definition) is 1. The highest BCUT2D eigenvalue weighted by Crippen LogP contribution is 2.26. The summed E-state index contributed by atoms with van der Waals surface area (Å²) in [5.41, 5.74) is 5.59. The SMILES string of the molecule is CCCN1CCN(c2c(F)cc(N)cc2F)CC1. The molecule has 2 N–H and O–H groups in total. The van der Waals surface area contributed by atoms with Crippen molar-refractivity contribution in [3.63, 3.8) is 0 Å². The molecule has 1 aliphatic rings. The number of benzene rings is 1. The van der Waals surface area contributed by atoms with Gasteiger partial charge in [0.2, 0.25) is 0 Å². The maximum Gasteiger partial charge on any atom is 0.151 e. The fourth-order valence-corrected chi connectivity index (χ4v) is 2.40. The second kappa shape index (κ2) is 5.52. The van der Waals surface area contributed by atoms with Gasteiger partial charge in [-0.15, -0.1) is 0 Å². The Kier molecular flexibility index (Phi) is 4.01. The fraction of sp³-hybridized carbons (Fsp3) is 0.538. The Bertz CT molecular complexity index is 392. The highest BCUT2D eigenvalue weighted by atomic mass is 19.1. The van der Waals surface area contributed by atoms with Gasteiger partial charge in [0.05, 0.1) is 0 Å². The molecule has 0 atom stereocenters. The number of nitrogens with two attached hydrogens (primary N) is 1. The lowest BCUT2D eigenvalue weighted by Gasteiger charge is -2.36. The Morgan fingerprint density at radius 1 is 1.11 bits per heavy atom. The Morgan fingerprint density at radius 2 is 1.67 bits per heavy atom. The van der Waals surface area contributed by atoms with Crippen LogP contribution in [0.1, 0.15) is 13.3 Å². The van der Waals surface area contributed by atoms with E-state index in [1.165, 1.54) is 12.1 Å². The van der Waals surface area contributed by atoms with Crippen LogP contribution >= 0.6 is 0 Å². The Morgan fingerprint density at radius 3 is 2.17 bits per heavy atom. The van der Waals surface area contributed by atoms with Crippen molar-refractivity contribution in [3.8, 4) is 0 Å². The van der Waals surface area contributed by atoms with E-state index in [2.05, 4.69) is 11.8 Å². The van der Waals surface area contributed by atoms with Crippen LogP contribution in [0, 0.1) is 11.6 Å². The lowest BCUT2D eigenvalue weighted by atomic mass is 10.2. The first-order valence-corrected chi connectivity index (χ1v) is 6.33. The van der Waals surface area contributed by atoms with Gasteiger partial charge in [-0.05, 0) is 25.1 Å². The second-order valence-corrected chi connectivity index (χ2v) is 4.66. The number of nitrogens with zero attached hydrogens (tertiary/aromatic N) is 2.